The van der Waals surface area contributed by atoms with Gasteiger partial charge in [-0.05, 0) is 80.7 Å². The van der Waals surface area contributed by atoms with E-state index in [0.29, 0.717) is 14.6 Å². The number of benzene rings is 2. The predicted molar refractivity (Wildman–Crippen MR) is 83.8 cm³/mol. The van der Waals surface area contributed by atoms with Gasteiger partial charge in [-0.2, -0.15) is 0 Å². The van der Waals surface area contributed by atoms with E-state index in [1.807, 2.05) is 6.92 Å². The zero-order valence-electron chi connectivity index (χ0n) is 10.3. The van der Waals surface area contributed by atoms with Gasteiger partial charge < -0.3 is 0 Å². The van der Waals surface area contributed by atoms with Crippen molar-refractivity contribution >= 4 is 47.6 Å². The number of nitrogens with one attached hydrogen (secondary N) is 1. The third kappa shape index (κ3) is 3.39. The van der Waals surface area contributed by atoms with Crippen LogP contribution in [0.2, 0.25) is 0 Å². The molecule has 2 rings (SSSR count). The molecule has 0 atom stereocenters. The summed E-state index contributed by atoms with van der Waals surface area (Å²) < 4.78 is 41.0. The van der Waals surface area contributed by atoms with Crippen LogP contribution >= 0.6 is 31.9 Å². The van der Waals surface area contributed by atoms with E-state index in [0.717, 1.165) is 17.7 Å². The lowest BCUT2D eigenvalue weighted by molar-refractivity contribution is 0.599. The molecule has 0 aliphatic heterocycles. The highest BCUT2D eigenvalue weighted by molar-refractivity contribution is 9.11. The third-order valence-electron chi connectivity index (χ3n) is 2.55. The first kappa shape index (κ1) is 15.5. The number of hydrogen-bond donors (Lipinski definition) is 1. The standard InChI is InChI=1S/C13H10Br2FNO2S/c1-8-6-11(14)13(12(15)7-8)17-20(18,19)10-4-2-9(16)3-5-10/h2-7,17H,1H3. The van der Waals surface area contributed by atoms with E-state index >= 15 is 0 Å². The van der Waals surface area contributed by atoms with E-state index in [4.69, 9.17) is 0 Å². The number of sulfonamides is 1. The van der Waals surface area contributed by atoms with Gasteiger partial charge in [-0.15, -0.1) is 0 Å². The summed E-state index contributed by atoms with van der Waals surface area (Å²) in [6.07, 6.45) is 0. The monoisotopic (exact) mass is 421 g/mol. The summed E-state index contributed by atoms with van der Waals surface area (Å²) in [5.74, 6) is -0.485. The Morgan fingerprint density at radius 1 is 1.05 bits per heavy atom. The lowest BCUT2D eigenvalue weighted by atomic mass is 10.2. The summed E-state index contributed by atoms with van der Waals surface area (Å²) in [7, 11) is -3.76. The van der Waals surface area contributed by atoms with Crippen LogP contribution in [0.5, 0.6) is 0 Å². The van der Waals surface area contributed by atoms with Gasteiger partial charge in [-0.3, -0.25) is 4.72 Å². The zero-order chi connectivity index (χ0) is 14.9. The van der Waals surface area contributed by atoms with Crippen LogP contribution in [-0.2, 0) is 10.0 Å². The van der Waals surface area contributed by atoms with Gasteiger partial charge in [0, 0.05) is 8.95 Å². The average molecular weight is 423 g/mol. The minimum absolute atomic E-state index is 0.00160. The van der Waals surface area contributed by atoms with E-state index in [9.17, 15) is 12.8 Å². The van der Waals surface area contributed by atoms with Gasteiger partial charge in [0.25, 0.3) is 10.0 Å². The Kier molecular flexibility index (Phi) is 4.51. The number of hydrogen-bond acceptors (Lipinski definition) is 2. The topological polar surface area (TPSA) is 46.2 Å². The van der Waals surface area contributed by atoms with Crippen LogP contribution in [0.25, 0.3) is 0 Å². The van der Waals surface area contributed by atoms with E-state index in [-0.39, 0.29) is 4.90 Å². The molecule has 0 saturated heterocycles. The van der Waals surface area contributed by atoms with Crippen molar-refractivity contribution in [2.45, 2.75) is 11.8 Å². The summed E-state index contributed by atoms with van der Waals surface area (Å²) in [5, 5.41) is 0. The van der Waals surface area contributed by atoms with Gasteiger partial charge >= 0.3 is 0 Å². The van der Waals surface area contributed by atoms with Crippen molar-refractivity contribution in [2.75, 3.05) is 4.72 Å². The van der Waals surface area contributed by atoms with E-state index in [1.54, 1.807) is 12.1 Å². The molecule has 1 N–H and O–H groups in total. The number of halogens is 3. The smallest absolute Gasteiger partial charge is 0.261 e. The highest BCUT2D eigenvalue weighted by Gasteiger charge is 2.17. The third-order valence-corrected chi connectivity index (χ3v) is 5.16. The van der Waals surface area contributed by atoms with E-state index in [1.165, 1.54) is 12.1 Å². The zero-order valence-corrected chi connectivity index (χ0v) is 14.3. The van der Waals surface area contributed by atoms with Crippen molar-refractivity contribution in [3.8, 4) is 0 Å². The number of anilines is 1. The molecule has 0 fully saturated rings. The molecule has 2 aromatic rings. The molecular formula is C13H10Br2FNO2S. The number of rotatable bonds is 3. The Morgan fingerprint density at radius 3 is 2.05 bits per heavy atom. The summed E-state index contributed by atoms with van der Waals surface area (Å²) in [6, 6.07) is 8.24. The molecule has 0 amide bonds. The fourth-order valence-corrected chi connectivity index (χ4v) is 4.58. The molecule has 106 valence electrons. The highest BCUT2D eigenvalue weighted by Crippen LogP contribution is 2.33. The second kappa shape index (κ2) is 5.83. The maximum Gasteiger partial charge on any atom is 0.261 e. The Morgan fingerprint density at radius 2 is 1.55 bits per heavy atom. The first-order chi connectivity index (χ1) is 9.29. The van der Waals surface area contributed by atoms with E-state index < -0.39 is 15.8 Å². The fourth-order valence-electron chi connectivity index (χ4n) is 1.60. The number of aryl methyl sites for hydroxylation is 1. The Balaban J connectivity index is 2.41. The lowest BCUT2D eigenvalue weighted by Gasteiger charge is -2.12. The molecule has 0 aromatic heterocycles. The van der Waals surface area contributed by atoms with E-state index in [2.05, 4.69) is 36.6 Å². The molecule has 3 nitrogen and oxygen atoms in total. The molecule has 0 radical (unpaired) electrons. The van der Waals surface area contributed by atoms with Crippen molar-refractivity contribution in [1.82, 2.24) is 0 Å². The van der Waals surface area contributed by atoms with Crippen LogP contribution in [-0.4, -0.2) is 8.42 Å². The molecule has 0 spiro atoms. The van der Waals surface area contributed by atoms with Gasteiger partial charge in [-0.25, -0.2) is 12.8 Å². The Labute approximate surface area is 133 Å². The van der Waals surface area contributed by atoms with Gasteiger partial charge in [-0.1, -0.05) is 0 Å². The fraction of sp³-hybridized carbons (Fsp3) is 0.0769. The Bertz CT molecular complexity index is 722. The normalized spacial score (nSPS) is 11.4. The van der Waals surface area contributed by atoms with Crippen LogP contribution in [0.15, 0.2) is 50.2 Å². The van der Waals surface area contributed by atoms with Crippen molar-refractivity contribution in [1.29, 1.82) is 0 Å². The highest BCUT2D eigenvalue weighted by atomic mass is 79.9. The second-order valence-corrected chi connectivity index (χ2v) is 7.55. The Hall–Kier alpha value is -0.920. The molecule has 0 saturated carbocycles. The first-order valence-electron chi connectivity index (χ1n) is 5.53. The molecule has 20 heavy (non-hydrogen) atoms. The minimum Gasteiger partial charge on any atom is -0.277 e. The van der Waals surface area contributed by atoms with Crippen molar-refractivity contribution in [3.05, 3.63) is 56.7 Å². The van der Waals surface area contributed by atoms with Crippen LogP contribution in [0.1, 0.15) is 5.56 Å². The lowest BCUT2D eigenvalue weighted by Crippen LogP contribution is -2.13. The maximum absolute atomic E-state index is 12.8. The summed E-state index contributed by atoms with van der Waals surface area (Å²) in [5.41, 5.74) is 1.38. The van der Waals surface area contributed by atoms with Gasteiger partial charge in [0.1, 0.15) is 5.82 Å². The molecule has 2 aromatic carbocycles. The summed E-state index contributed by atoms with van der Waals surface area (Å²) >= 11 is 6.64. The molecule has 0 heterocycles. The first-order valence-corrected chi connectivity index (χ1v) is 8.60. The van der Waals surface area contributed by atoms with Crippen molar-refractivity contribution in [2.24, 2.45) is 0 Å². The quantitative estimate of drug-likeness (QED) is 0.793. The van der Waals surface area contributed by atoms with Gasteiger partial charge in [0.15, 0.2) is 0 Å². The minimum atomic E-state index is -3.76. The molecule has 0 unspecified atom stereocenters. The van der Waals surface area contributed by atoms with Crippen molar-refractivity contribution in [3.63, 3.8) is 0 Å². The molecule has 0 aliphatic rings. The summed E-state index contributed by atoms with van der Waals surface area (Å²) in [4.78, 5) is -0.00160. The van der Waals surface area contributed by atoms with Crippen LogP contribution in [0.3, 0.4) is 0 Å². The predicted octanol–water partition coefficient (Wildman–Crippen LogP) is 4.46. The van der Waals surface area contributed by atoms with Crippen LogP contribution in [0.4, 0.5) is 10.1 Å². The van der Waals surface area contributed by atoms with Crippen molar-refractivity contribution < 1.29 is 12.8 Å². The van der Waals surface area contributed by atoms with Gasteiger partial charge in [0.05, 0.1) is 10.6 Å². The largest absolute Gasteiger partial charge is 0.277 e. The summed E-state index contributed by atoms with van der Waals surface area (Å²) in [6.45, 7) is 1.90. The van der Waals surface area contributed by atoms with Crippen LogP contribution < -0.4 is 4.72 Å². The molecular weight excluding hydrogens is 413 g/mol. The molecule has 0 aliphatic carbocycles. The SMILES string of the molecule is Cc1cc(Br)c(NS(=O)(=O)c2ccc(F)cc2)c(Br)c1. The maximum atomic E-state index is 12.8. The van der Waals surface area contributed by atoms with Crippen LogP contribution in [0, 0.1) is 12.7 Å². The average Bonchev–Trinajstić information content (AvgIpc) is 2.34. The second-order valence-electron chi connectivity index (χ2n) is 4.16. The molecule has 0 bridgehead atoms. The molecule has 7 heteroatoms. The van der Waals surface area contributed by atoms with Gasteiger partial charge in [0.2, 0.25) is 0 Å².